The normalized spacial score (nSPS) is 12.6. The van der Waals surface area contributed by atoms with Gasteiger partial charge in [0.25, 0.3) is 0 Å². The molecule has 18 heavy (non-hydrogen) atoms. The molecule has 0 spiro atoms. The number of carboxylic acids is 1. The Morgan fingerprint density at radius 1 is 1.56 bits per heavy atom. The van der Waals surface area contributed by atoms with E-state index in [4.69, 9.17) is 9.84 Å². The summed E-state index contributed by atoms with van der Waals surface area (Å²) in [7, 11) is 0. The maximum Gasteiger partial charge on any atom is 0.354 e. The maximum atomic E-state index is 13.6. The molecule has 2 N–H and O–H groups in total. The van der Waals surface area contributed by atoms with Crippen LogP contribution >= 0.6 is 0 Å². The summed E-state index contributed by atoms with van der Waals surface area (Å²) >= 11 is 0. The Morgan fingerprint density at radius 2 is 2.33 bits per heavy atom. The van der Waals surface area contributed by atoms with E-state index >= 15 is 0 Å². The zero-order chi connectivity index (χ0) is 12.9. The van der Waals surface area contributed by atoms with E-state index < -0.39 is 5.97 Å². The minimum atomic E-state index is -1.11. The van der Waals surface area contributed by atoms with Crippen molar-refractivity contribution >= 4 is 5.97 Å². The second-order valence-corrected chi connectivity index (χ2v) is 4.12. The van der Waals surface area contributed by atoms with Crippen molar-refractivity contribution in [3.8, 4) is 17.0 Å². The van der Waals surface area contributed by atoms with Crippen LogP contribution in [0.1, 0.15) is 21.6 Å². The van der Waals surface area contributed by atoms with Crippen molar-refractivity contribution in [2.24, 2.45) is 0 Å². The average molecular weight is 248 g/mol. The van der Waals surface area contributed by atoms with Gasteiger partial charge in [-0.25, -0.2) is 9.18 Å². The minimum Gasteiger partial charge on any atom is -0.488 e. The number of benzene rings is 1. The number of aromatic amines is 1. The van der Waals surface area contributed by atoms with Crippen molar-refractivity contribution in [3.05, 3.63) is 34.8 Å². The molecule has 0 bridgehead atoms. The molecule has 0 unspecified atom stereocenters. The van der Waals surface area contributed by atoms with Crippen LogP contribution in [0, 0.1) is 12.7 Å². The van der Waals surface area contributed by atoms with E-state index in [1.54, 1.807) is 13.0 Å². The quantitative estimate of drug-likeness (QED) is 0.810. The smallest absolute Gasteiger partial charge is 0.354 e. The molecule has 0 radical (unpaired) electrons. The van der Waals surface area contributed by atoms with Gasteiger partial charge in [0.1, 0.15) is 23.9 Å². The second kappa shape index (κ2) is 3.56. The van der Waals surface area contributed by atoms with Crippen LogP contribution in [0.3, 0.4) is 0 Å². The highest BCUT2D eigenvalue weighted by Gasteiger charge is 2.27. The summed E-state index contributed by atoms with van der Waals surface area (Å²) in [5.74, 6) is -0.960. The van der Waals surface area contributed by atoms with Crippen molar-refractivity contribution in [3.63, 3.8) is 0 Å². The number of aromatic nitrogens is 2. The monoisotopic (exact) mass is 248 g/mol. The molecule has 92 valence electrons. The summed E-state index contributed by atoms with van der Waals surface area (Å²) in [4.78, 5) is 11.0. The van der Waals surface area contributed by atoms with Crippen molar-refractivity contribution in [1.29, 1.82) is 0 Å². The molecule has 3 rings (SSSR count). The number of halogens is 1. The zero-order valence-electron chi connectivity index (χ0n) is 9.45. The van der Waals surface area contributed by atoms with Gasteiger partial charge in [-0.3, -0.25) is 5.10 Å². The number of aryl methyl sites for hydroxylation is 1. The van der Waals surface area contributed by atoms with Gasteiger partial charge >= 0.3 is 5.97 Å². The number of rotatable bonds is 1. The van der Waals surface area contributed by atoms with Crippen LogP contribution in [0.4, 0.5) is 4.39 Å². The van der Waals surface area contributed by atoms with Crippen molar-refractivity contribution in [2.75, 3.05) is 0 Å². The third-order valence-electron chi connectivity index (χ3n) is 2.97. The van der Waals surface area contributed by atoms with Crippen LogP contribution in [0.25, 0.3) is 11.3 Å². The van der Waals surface area contributed by atoms with E-state index in [9.17, 15) is 9.18 Å². The summed E-state index contributed by atoms with van der Waals surface area (Å²) in [5.41, 5.74) is 1.82. The molecular formula is C12H9FN2O3. The van der Waals surface area contributed by atoms with Gasteiger partial charge in [0.05, 0.1) is 5.56 Å². The number of nitrogens with one attached hydrogen (secondary N) is 1. The fourth-order valence-electron chi connectivity index (χ4n) is 2.01. The predicted molar refractivity (Wildman–Crippen MR) is 60.0 cm³/mol. The molecule has 5 nitrogen and oxygen atoms in total. The summed E-state index contributed by atoms with van der Waals surface area (Å²) in [6, 6.07) is 2.90. The molecule has 0 saturated heterocycles. The van der Waals surface area contributed by atoms with Crippen molar-refractivity contribution < 1.29 is 19.0 Å². The van der Waals surface area contributed by atoms with Gasteiger partial charge in [0.2, 0.25) is 0 Å². The molecular weight excluding hydrogens is 239 g/mol. The molecule has 1 aromatic carbocycles. The first kappa shape index (κ1) is 10.8. The van der Waals surface area contributed by atoms with Crippen molar-refractivity contribution in [2.45, 2.75) is 13.5 Å². The molecule has 2 heterocycles. The van der Waals surface area contributed by atoms with Crippen LogP contribution in [-0.4, -0.2) is 21.3 Å². The van der Waals surface area contributed by atoms with E-state index in [1.165, 1.54) is 6.07 Å². The zero-order valence-corrected chi connectivity index (χ0v) is 9.45. The summed E-state index contributed by atoms with van der Waals surface area (Å²) in [5, 5.41) is 15.4. The van der Waals surface area contributed by atoms with Gasteiger partial charge in [-0.1, -0.05) is 0 Å². The number of carbonyl (C=O) groups is 1. The first-order chi connectivity index (χ1) is 8.58. The standard InChI is InChI=1S/C12H9FN2O3/c1-5-2-9-6(3-8(5)13)10-7(4-18-9)11(12(16)17)15-14-10/h2-3H,4H2,1H3,(H,14,15)(H,16,17). The van der Waals surface area contributed by atoms with E-state index in [-0.39, 0.29) is 18.1 Å². The third-order valence-corrected chi connectivity index (χ3v) is 2.97. The first-order valence-corrected chi connectivity index (χ1v) is 5.31. The van der Waals surface area contributed by atoms with Crippen LogP contribution in [-0.2, 0) is 6.61 Å². The Kier molecular flexibility index (Phi) is 2.13. The highest BCUT2D eigenvalue weighted by molar-refractivity contribution is 5.90. The van der Waals surface area contributed by atoms with Gasteiger partial charge < -0.3 is 9.84 Å². The van der Waals surface area contributed by atoms with Gasteiger partial charge in [-0.15, -0.1) is 0 Å². The molecule has 0 amide bonds. The van der Waals surface area contributed by atoms with Crippen LogP contribution < -0.4 is 4.74 Å². The van der Waals surface area contributed by atoms with E-state index in [1.807, 2.05) is 0 Å². The number of nitrogens with zero attached hydrogens (tertiary/aromatic N) is 1. The average Bonchev–Trinajstić information content (AvgIpc) is 2.75. The molecule has 1 aliphatic heterocycles. The molecule has 0 fully saturated rings. The van der Waals surface area contributed by atoms with Gasteiger partial charge in [0, 0.05) is 5.56 Å². The van der Waals surface area contributed by atoms with Gasteiger partial charge in [-0.2, -0.15) is 5.10 Å². The largest absolute Gasteiger partial charge is 0.488 e. The Hall–Kier alpha value is -2.37. The summed E-state index contributed by atoms with van der Waals surface area (Å²) in [6.07, 6.45) is 0. The maximum absolute atomic E-state index is 13.6. The molecule has 1 aromatic heterocycles. The lowest BCUT2D eigenvalue weighted by atomic mass is 10.0. The van der Waals surface area contributed by atoms with Gasteiger partial charge in [-0.05, 0) is 24.6 Å². The molecule has 0 atom stereocenters. The Bertz CT molecular complexity index is 664. The molecule has 6 heteroatoms. The minimum absolute atomic E-state index is 0.0170. The fourth-order valence-corrected chi connectivity index (χ4v) is 2.01. The topological polar surface area (TPSA) is 75.2 Å². The van der Waals surface area contributed by atoms with Crippen LogP contribution in [0.2, 0.25) is 0 Å². The highest BCUT2D eigenvalue weighted by atomic mass is 19.1. The number of fused-ring (bicyclic) bond motifs is 3. The number of carboxylic acid groups (broad SMARTS) is 1. The highest BCUT2D eigenvalue weighted by Crippen LogP contribution is 2.38. The Morgan fingerprint density at radius 3 is 3.06 bits per heavy atom. The number of aromatic carboxylic acids is 1. The van der Waals surface area contributed by atoms with Crippen LogP contribution in [0.15, 0.2) is 12.1 Å². The number of H-pyrrole nitrogens is 1. The van der Waals surface area contributed by atoms with Crippen LogP contribution in [0.5, 0.6) is 5.75 Å². The molecule has 2 aromatic rings. The van der Waals surface area contributed by atoms with E-state index in [0.717, 1.165) is 0 Å². The lowest BCUT2D eigenvalue weighted by Gasteiger charge is -2.17. The third kappa shape index (κ3) is 1.38. The fraction of sp³-hybridized carbons (Fsp3) is 0.167. The Balaban J connectivity index is 2.23. The number of hydrogen-bond acceptors (Lipinski definition) is 3. The lowest BCUT2D eigenvalue weighted by Crippen LogP contribution is -2.09. The molecule has 0 saturated carbocycles. The van der Waals surface area contributed by atoms with Crippen molar-refractivity contribution in [1.82, 2.24) is 10.2 Å². The SMILES string of the molecule is Cc1cc2c(cc1F)-c1n[nH]c(C(=O)O)c1CO2. The predicted octanol–water partition coefficient (Wildman–Crippen LogP) is 2.11. The molecule has 1 aliphatic rings. The Labute approximate surface area is 101 Å². The summed E-state index contributed by atoms with van der Waals surface area (Å²) < 4.78 is 19.0. The van der Waals surface area contributed by atoms with E-state index in [0.29, 0.717) is 28.1 Å². The number of ether oxygens (including phenoxy) is 1. The van der Waals surface area contributed by atoms with E-state index in [2.05, 4.69) is 10.2 Å². The first-order valence-electron chi connectivity index (χ1n) is 5.31. The second-order valence-electron chi connectivity index (χ2n) is 4.12. The lowest BCUT2D eigenvalue weighted by molar-refractivity contribution is 0.0687. The number of hydrogen-bond donors (Lipinski definition) is 2. The summed E-state index contributed by atoms with van der Waals surface area (Å²) in [6.45, 7) is 1.76. The molecule has 0 aliphatic carbocycles. The van der Waals surface area contributed by atoms with Gasteiger partial charge in [0.15, 0.2) is 5.69 Å².